The third kappa shape index (κ3) is 4.77. The van der Waals surface area contributed by atoms with Gasteiger partial charge in [-0.1, -0.05) is 17.7 Å². The molecule has 0 amide bonds. The van der Waals surface area contributed by atoms with Crippen molar-refractivity contribution in [2.75, 3.05) is 39.6 Å². The molecule has 8 nitrogen and oxygen atoms in total. The molecule has 0 aromatic heterocycles. The van der Waals surface area contributed by atoms with Crippen LogP contribution >= 0.6 is 15.9 Å². The molecule has 4 rings (SSSR count). The van der Waals surface area contributed by atoms with Crippen molar-refractivity contribution in [1.82, 2.24) is 9.73 Å². The Morgan fingerprint density at radius 1 is 1.13 bits per heavy atom. The number of halogens is 1. The maximum absolute atomic E-state index is 12.7. The molecule has 1 N–H and O–H groups in total. The van der Waals surface area contributed by atoms with Gasteiger partial charge in [-0.15, -0.1) is 0 Å². The lowest BCUT2D eigenvalue weighted by Gasteiger charge is -2.27. The molecule has 160 valence electrons. The zero-order chi connectivity index (χ0) is 21.1. The summed E-state index contributed by atoms with van der Waals surface area (Å²) in [6.07, 6.45) is 0. The van der Waals surface area contributed by atoms with E-state index in [4.69, 9.17) is 14.2 Å². The van der Waals surface area contributed by atoms with Crippen molar-refractivity contribution in [2.45, 2.75) is 11.8 Å². The average molecular weight is 496 g/mol. The first kappa shape index (κ1) is 21.1. The van der Waals surface area contributed by atoms with Crippen molar-refractivity contribution in [3.63, 3.8) is 0 Å². The van der Waals surface area contributed by atoms with Crippen LogP contribution in [0.15, 0.2) is 50.9 Å². The topological polar surface area (TPSA) is 89.5 Å². The Hall–Kier alpha value is -2.14. The first-order valence-electron chi connectivity index (χ1n) is 9.47. The summed E-state index contributed by atoms with van der Waals surface area (Å²) in [5.41, 5.74) is 2.28. The molecule has 2 aromatic rings. The average Bonchev–Trinajstić information content (AvgIpc) is 3.19. The molecule has 0 spiro atoms. The molecule has 2 aromatic carbocycles. The van der Waals surface area contributed by atoms with Gasteiger partial charge in [0.15, 0.2) is 11.5 Å². The second-order valence-corrected chi connectivity index (χ2v) is 9.56. The number of morpholine rings is 1. The highest BCUT2D eigenvalue weighted by atomic mass is 79.9. The van der Waals surface area contributed by atoms with Crippen molar-refractivity contribution < 1.29 is 22.6 Å². The fourth-order valence-corrected chi connectivity index (χ4v) is 4.56. The van der Waals surface area contributed by atoms with Gasteiger partial charge in [0, 0.05) is 29.7 Å². The number of hydrazone groups is 1. The minimum Gasteiger partial charge on any atom is -0.454 e. The molecule has 2 aliphatic rings. The molecule has 0 atom stereocenters. The van der Waals surface area contributed by atoms with Gasteiger partial charge >= 0.3 is 0 Å². The number of fused-ring (bicyclic) bond motifs is 1. The predicted molar refractivity (Wildman–Crippen MR) is 116 cm³/mol. The van der Waals surface area contributed by atoms with Gasteiger partial charge in [0.2, 0.25) is 6.79 Å². The fraction of sp³-hybridized carbons (Fsp3) is 0.350. The van der Waals surface area contributed by atoms with E-state index in [1.807, 2.05) is 13.0 Å². The molecule has 10 heteroatoms. The summed E-state index contributed by atoms with van der Waals surface area (Å²) in [5, 5.41) is 4.31. The maximum Gasteiger partial charge on any atom is 0.276 e. The molecule has 1 saturated heterocycles. The quantitative estimate of drug-likeness (QED) is 0.489. The molecular formula is C20H22BrN3O5S. The molecule has 0 saturated carbocycles. The third-order valence-electron chi connectivity index (χ3n) is 4.88. The van der Waals surface area contributed by atoms with Crippen molar-refractivity contribution in [3.05, 3.63) is 52.0 Å². The summed E-state index contributed by atoms with van der Waals surface area (Å²) >= 11 is 3.55. The zero-order valence-electron chi connectivity index (χ0n) is 16.4. The van der Waals surface area contributed by atoms with E-state index in [-0.39, 0.29) is 11.7 Å². The normalized spacial score (nSPS) is 17.2. The summed E-state index contributed by atoms with van der Waals surface area (Å²) in [4.78, 5) is 4.71. The lowest BCUT2D eigenvalue weighted by atomic mass is 10.1. The van der Waals surface area contributed by atoms with Crippen LogP contribution < -0.4 is 14.3 Å². The number of aryl methyl sites for hydroxylation is 1. The molecular weight excluding hydrogens is 474 g/mol. The lowest BCUT2D eigenvalue weighted by Crippen LogP contribution is -2.40. The summed E-state index contributed by atoms with van der Waals surface area (Å²) in [6.45, 7) is 5.26. The van der Waals surface area contributed by atoms with Crippen LogP contribution in [0.1, 0.15) is 11.1 Å². The Balaban J connectivity index is 1.65. The van der Waals surface area contributed by atoms with Crippen LogP contribution in [0.2, 0.25) is 0 Å². The standard InChI is InChI=1S/C20H22BrN3O5S/c1-14-2-4-15(5-3-14)30(25,26)23-22-18(12-24-6-8-27-9-7-24)16-10-19-20(11-17(16)21)29-13-28-19/h2-5,10-11,23H,6-9,12-13H2,1H3/b22-18-. The minimum absolute atomic E-state index is 0.154. The molecule has 0 aliphatic carbocycles. The monoisotopic (exact) mass is 495 g/mol. The second-order valence-electron chi connectivity index (χ2n) is 7.04. The van der Waals surface area contributed by atoms with Gasteiger partial charge in [0.05, 0.1) is 23.8 Å². The van der Waals surface area contributed by atoms with E-state index in [1.165, 1.54) is 0 Å². The van der Waals surface area contributed by atoms with Gasteiger partial charge in [0.1, 0.15) is 0 Å². The largest absolute Gasteiger partial charge is 0.454 e. The van der Waals surface area contributed by atoms with Crippen LogP contribution in [0, 0.1) is 6.92 Å². The van der Waals surface area contributed by atoms with Gasteiger partial charge in [-0.3, -0.25) is 4.90 Å². The van der Waals surface area contributed by atoms with Crippen molar-refractivity contribution >= 4 is 31.7 Å². The fourth-order valence-electron chi connectivity index (χ4n) is 3.18. The molecule has 30 heavy (non-hydrogen) atoms. The number of hydrogen-bond donors (Lipinski definition) is 1. The number of ether oxygens (including phenoxy) is 3. The van der Waals surface area contributed by atoms with Gasteiger partial charge in [-0.05, 0) is 47.1 Å². The number of benzene rings is 2. The summed E-state index contributed by atoms with van der Waals surface area (Å²) in [5.74, 6) is 1.24. The van der Waals surface area contributed by atoms with E-state index in [2.05, 4.69) is 30.8 Å². The molecule has 0 bridgehead atoms. The Morgan fingerprint density at radius 3 is 2.50 bits per heavy atom. The maximum atomic E-state index is 12.7. The van der Waals surface area contributed by atoms with Gasteiger partial charge in [0.25, 0.3) is 10.0 Å². The number of nitrogens with zero attached hydrogens (tertiary/aromatic N) is 2. The molecule has 2 heterocycles. The van der Waals surface area contributed by atoms with E-state index in [9.17, 15) is 8.42 Å². The van der Waals surface area contributed by atoms with Crippen LogP contribution in [0.4, 0.5) is 0 Å². The van der Waals surface area contributed by atoms with E-state index in [0.717, 1.165) is 28.7 Å². The first-order valence-corrected chi connectivity index (χ1v) is 11.7. The van der Waals surface area contributed by atoms with Gasteiger partial charge in [-0.25, -0.2) is 0 Å². The van der Waals surface area contributed by atoms with E-state index in [1.54, 1.807) is 30.3 Å². The lowest BCUT2D eigenvalue weighted by molar-refractivity contribution is 0.0453. The number of nitrogens with one attached hydrogen (secondary N) is 1. The van der Waals surface area contributed by atoms with Gasteiger partial charge < -0.3 is 14.2 Å². The van der Waals surface area contributed by atoms with Crippen LogP contribution in [-0.4, -0.2) is 58.7 Å². The molecule has 0 radical (unpaired) electrons. The molecule has 0 unspecified atom stereocenters. The van der Waals surface area contributed by atoms with Crippen LogP contribution in [-0.2, 0) is 14.8 Å². The zero-order valence-corrected chi connectivity index (χ0v) is 18.8. The number of hydrogen-bond acceptors (Lipinski definition) is 7. The van der Waals surface area contributed by atoms with Crippen LogP contribution in [0.5, 0.6) is 11.5 Å². The van der Waals surface area contributed by atoms with E-state index < -0.39 is 10.0 Å². The third-order valence-corrected chi connectivity index (χ3v) is 6.76. The first-order chi connectivity index (χ1) is 14.4. The predicted octanol–water partition coefficient (Wildman–Crippen LogP) is 2.50. The van der Waals surface area contributed by atoms with Crippen LogP contribution in [0.25, 0.3) is 0 Å². The highest BCUT2D eigenvalue weighted by Gasteiger charge is 2.22. The van der Waals surface area contributed by atoms with Gasteiger partial charge in [-0.2, -0.15) is 18.4 Å². The van der Waals surface area contributed by atoms with Crippen LogP contribution in [0.3, 0.4) is 0 Å². The highest BCUT2D eigenvalue weighted by Crippen LogP contribution is 2.37. The Bertz CT molecular complexity index is 1050. The molecule has 2 aliphatic heterocycles. The highest BCUT2D eigenvalue weighted by molar-refractivity contribution is 9.10. The van der Waals surface area contributed by atoms with E-state index in [0.29, 0.717) is 37.0 Å². The van der Waals surface area contributed by atoms with E-state index >= 15 is 0 Å². The summed E-state index contributed by atoms with van der Waals surface area (Å²) < 4.78 is 42.5. The van der Waals surface area contributed by atoms with Crippen molar-refractivity contribution in [3.8, 4) is 11.5 Å². The Morgan fingerprint density at radius 2 is 1.80 bits per heavy atom. The summed E-state index contributed by atoms with van der Waals surface area (Å²) in [7, 11) is -3.80. The Kier molecular flexibility index (Phi) is 6.28. The number of sulfonamides is 1. The SMILES string of the molecule is Cc1ccc(S(=O)(=O)N/N=C(/CN2CCOCC2)c2cc3c(cc2Br)OCO3)cc1. The van der Waals surface area contributed by atoms with Crippen molar-refractivity contribution in [1.29, 1.82) is 0 Å². The minimum atomic E-state index is -3.80. The van der Waals surface area contributed by atoms with Crippen molar-refractivity contribution in [2.24, 2.45) is 5.10 Å². The Labute approximate surface area is 184 Å². The molecule has 1 fully saturated rings. The summed E-state index contributed by atoms with van der Waals surface area (Å²) in [6, 6.07) is 10.2. The second kappa shape index (κ2) is 8.93. The number of rotatable bonds is 6. The smallest absolute Gasteiger partial charge is 0.276 e.